The maximum Gasteiger partial charge on any atom is 0.129 e. The molecule has 0 saturated carbocycles. The maximum atomic E-state index is 4.66. The van der Waals surface area contributed by atoms with Crippen molar-refractivity contribution in [3.63, 3.8) is 0 Å². The number of aryl methyl sites for hydroxylation is 2. The molecule has 104 valence electrons. The van der Waals surface area contributed by atoms with Crippen LogP contribution in [0.2, 0.25) is 0 Å². The average Bonchev–Trinajstić information content (AvgIpc) is 2.47. The quantitative estimate of drug-likeness (QED) is 0.834. The van der Waals surface area contributed by atoms with E-state index in [4.69, 9.17) is 0 Å². The number of rotatable bonds is 2. The van der Waals surface area contributed by atoms with Gasteiger partial charge in [0.1, 0.15) is 5.82 Å². The van der Waals surface area contributed by atoms with E-state index in [0.717, 1.165) is 37.7 Å². The second-order valence-corrected chi connectivity index (χ2v) is 5.45. The van der Waals surface area contributed by atoms with Crippen molar-refractivity contribution in [3.8, 4) is 0 Å². The second kappa shape index (κ2) is 5.53. The molecule has 0 N–H and O–H groups in total. The first kappa shape index (κ1) is 13.0. The summed E-state index contributed by atoms with van der Waals surface area (Å²) in [5.41, 5.74) is 3.71. The summed E-state index contributed by atoms with van der Waals surface area (Å²) in [6.07, 6.45) is 0. The Morgan fingerprint density at radius 3 is 2.15 bits per heavy atom. The van der Waals surface area contributed by atoms with Crippen molar-refractivity contribution in [1.29, 1.82) is 0 Å². The fourth-order valence-corrected chi connectivity index (χ4v) is 2.81. The van der Waals surface area contributed by atoms with Crippen LogP contribution < -0.4 is 9.80 Å². The smallest absolute Gasteiger partial charge is 0.129 e. The maximum absolute atomic E-state index is 4.66. The van der Waals surface area contributed by atoms with Crippen LogP contribution in [0.15, 0.2) is 42.5 Å². The zero-order chi connectivity index (χ0) is 13.9. The lowest BCUT2D eigenvalue weighted by atomic mass is 10.2. The summed E-state index contributed by atoms with van der Waals surface area (Å²) < 4.78 is 0. The normalized spacial score (nSPS) is 15.5. The van der Waals surface area contributed by atoms with E-state index in [2.05, 4.69) is 71.1 Å². The SMILES string of the molecule is Cc1cc(C)nc(N2CCN(c3ccccc3)CC2)c1. The molecule has 0 unspecified atom stereocenters. The van der Waals surface area contributed by atoms with E-state index < -0.39 is 0 Å². The summed E-state index contributed by atoms with van der Waals surface area (Å²) >= 11 is 0. The standard InChI is InChI=1S/C17H21N3/c1-14-12-15(2)18-17(13-14)20-10-8-19(9-11-20)16-6-4-3-5-7-16/h3-7,12-13H,8-11H2,1-2H3. The van der Waals surface area contributed by atoms with Crippen LogP contribution in [-0.2, 0) is 0 Å². The van der Waals surface area contributed by atoms with Gasteiger partial charge in [-0.3, -0.25) is 0 Å². The van der Waals surface area contributed by atoms with Crippen LogP contribution in [0, 0.1) is 13.8 Å². The van der Waals surface area contributed by atoms with Crippen LogP contribution in [0.4, 0.5) is 11.5 Å². The molecule has 3 nitrogen and oxygen atoms in total. The Hall–Kier alpha value is -2.03. The topological polar surface area (TPSA) is 19.4 Å². The highest BCUT2D eigenvalue weighted by Gasteiger charge is 2.18. The second-order valence-electron chi connectivity index (χ2n) is 5.45. The van der Waals surface area contributed by atoms with Crippen LogP contribution in [-0.4, -0.2) is 31.2 Å². The summed E-state index contributed by atoms with van der Waals surface area (Å²) in [7, 11) is 0. The Labute approximate surface area is 120 Å². The van der Waals surface area contributed by atoms with Gasteiger partial charge in [-0.05, 0) is 43.7 Å². The number of hydrogen-bond donors (Lipinski definition) is 0. The van der Waals surface area contributed by atoms with Crippen molar-refractivity contribution in [3.05, 3.63) is 53.7 Å². The third-order valence-electron chi connectivity index (χ3n) is 3.81. The Morgan fingerprint density at radius 1 is 0.850 bits per heavy atom. The van der Waals surface area contributed by atoms with E-state index in [1.54, 1.807) is 0 Å². The molecule has 3 rings (SSSR count). The molecule has 20 heavy (non-hydrogen) atoms. The van der Waals surface area contributed by atoms with Crippen molar-refractivity contribution in [1.82, 2.24) is 4.98 Å². The van der Waals surface area contributed by atoms with Gasteiger partial charge in [0.15, 0.2) is 0 Å². The monoisotopic (exact) mass is 267 g/mol. The molecule has 1 aliphatic rings. The molecule has 1 aromatic carbocycles. The molecule has 1 aromatic heterocycles. The van der Waals surface area contributed by atoms with E-state index >= 15 is 0 Å². The summed E-state index contributed by atoms with van der Waals surface area (Å²) in [5, 5.41) is 0. The molecular weight excluding hydrogens is 246 g/mol. The van der Waals surface area contributed by atoms with Gasteiger partial charge >= 0.3 is 0 Å². The fourth-order valence-electron chi connectivity index (χ4n) is 2.81. The van der Waals surface area contributed by atoms with E-state index in [1.807, 2.05) is 0 Å². The number of pyridine rings is 1. The van der Waals surface area contributed by atoms with Gasteiger partial charge in [-0.2, -0.15) is 0 Å². The molecule has 2 aromatic rings. The van der Waals surface area contributed by atoms with Crippen molar-refractivity contribution < 1.29 is 0 Å². The fraction of sp³-hybridized carbons (Fsp3) is 0.353. The number of aromatic nitrogens is 1. The molecule has 0 bridgehead atoms. The summed E-state index contributed by atoms with van der Waals surface area (Å²) in [6, 6.07) is 15.0. The van der Waals surface area contributed by atoms with E-state index in [1.165, 1.54) is 11.3 Å². The van der Waals surface area contributed by atoms with Gasteiger partial charge in [-0.1, -0.05) is 18.2 Å². The number of piperazine rings is 1. The minimum Gasteiger partial charge on any atom is -0.368 e. The number of para-hydroxylation sites is 1. The molecule has 2 heterocycles. The molecular formula is C17H21N3. The van der Waals surface area contributed by atoms with Crippen molar-refractivity contribution in [2.75, 3.05) is 36.0 Å². The van der Waals surface area contributed by atoms with Crippen molar-refractivity contribution in [2.45, 2.75) is 13.8 Å². The summed E-state index contributed by atoms with van der Waals surface area (Å²) in [5.74, 6) is 1.12. The van der Waals surface area contributed by atoms with Crippen LogP contribution in [0.5, 0.6) is 0 Å². The minimum atomic E-state index is 1.03. The first-order chi connectivity index (χ1) is 9.72. The van der Waals surface area contributed by atoms with Gasteiger partial charge in [0.05, 0.1) is 0 Å². The van der Waals surface area contributed by atoms with Crippen molar-refractivity contribution >= 4 is 11.5 Å². The van der Waals surface area contributed by atoms with Crippen molar-refractivity contribution in [2.24, 2.45) is 0 Å². The molecule has 0 radical (unpaired) electrons. The number of hydrogen-bond acceptors (Lipinski definition) is 3. The largest absolute Gasteiger partial charge is 0.368 e. The molecule has 0 amide bonds. The Bertz CT molecular complexity index is 552. The number of nitrogens with zero attached hydrogens (tertiary/aromatic N) is 3. The van der Waals surface area contributed by atoms with E-state index in [9.17, 15) is 0 Å². The lowest BCUT2D eigenvalue weighted by Crippen LogP contribution is -2.46. The van der Waals surface area contributed by atoms with Gasteiger partial charge in [-0.15, -0.1) is 0 Å². The Balaban J connectivity index is 1.69. The number of benzene rings is 1. The lowest BCUT2D eigenvalue weighted by Gasteiger charge is -2.37. The van der Waals surface area contributed by atoms with E-state index in [-0.39, 0.29) is 0 Å². The highest BCUT2D eigenvalue weighted by atomic mass is 15.3. The third kappa shape index (κ3) is 2.77. The van der Waals surface area contributed by atoms with Crippen LogP contribution in [0.3, 0.4) is 0 Å². The van der Waals surface area contributed by atoms with Gasteiger partial charge in [0.2, 0.25) is 0 Å². The van der Waals surface area contributed by atoms with Gasteiger partial charge < -0.3 is 9.80 Å². The van der Waals surface area contributed by atoms with Gasteiger partial charge in [-0.25, -0.2) is 4.98 Å². The van der Waals surface area contributed by atoms with Crippen LogP contribution >= 0.6 is 0 Å². The van der Waals surface area contributed by atoms with Crippen LogP contribution in [0.1, 0.15) is 11.3 Å². The van der Waals surface area contributed by atoms with Gasteiger partial charge in [0, 0.05) is 37.6 Å². The molecule has 0 atom stereocenters. The highest BCUT2D eigenvalue weighted by Crippen LogP contribution is 2.20. The lowest BCUT2D eigenvalue weighted by molar-refractivity contribution is 0.646. The molecule has 1 aliphatic heterocycles. The highest BCUT2D eigenvalue weighted by molar-refractivity contribution is 5.49. The zero-order valence-corrected chi connectivity index (χ0v) is 12.2. The first-order valence-corrected chi connectivity index (χ1v) is 7.22. The van der Waals surface area contributed by atoms with Crippen LogP contribution in [0.25, 0.3) is 0 Å². The zero-order valence-electron chi connectivity index (χ0n) is 12.2. The molecule has 1 fully saturated rings. The van der Waals surface area contributed by atoms with Gasteiger partial charge in [0.25, 0.3) is 0 Å². The first-order valence-electron chi connectivity index (χ1n) is 7.22. The Morgan fingerprint density at radius 2 is 1.50 bits per heavy atom. The molecule has 0 aliphatic carbocycles. The third-order valence-corrected chi connectivity index (χ3v) is 3.81. The molecule has 3 heteroatoms. The molecule has 0 spiro atoms. The molecule has 1 saturated heterocycles. The number of anilines is 2. The van der Waals surface area contributed by atoms with E-state index in [0.29, 0.717) is 0 Å². The minimum absolute atomic E-state index is 1.03. The predicted octanol–water partition coefficient (Wildman–Crippen LogP) is 3.03. The average molecular weight is 267 g/mol. The Kier molecular flexibility index (Phi) is 3.59. The summed E-state index contributed by atoms with van der Waals surface area (Å²) in [6.45, 7) is 8.38. The summed E-state index contributed by atoms with van der Waals surface area (Å²) in [4.78, 5) is 9.49. The predicted molar refractivity (Wildman–Crippen MR) is 84.6 cm³/mol.